The third-order valence-corrected chi connectivity index (χ3v) is 3.13. The molecule has 0 atom stereocenters. The van der Waals surface area contributed by atoms with Gasteiger partial charge in [0.1, 0.15) is 5.58 Å². The lowest BCUT2D eigenvalue weighted by Crippen LogP contribution is -2.12. The Morgan fingerprint density at radius 3 is 2.42 bits per heavy atom. The second-order valence-electron chi connectivity index (χ2n) is 4.34. The van der Waals surface area contributed by atoms with Gasteiger partial charge in [-0.15, -0.1) is 0 Å². The molecule has 0 saturated heterocycles. The minimum absolute atomic E-state index is 0.337. The van der Waals surface area contributed by atoms with Crippen LogP contribution in [0.2, 0.25) is 0 Å². The van der Waals surface area contributed by atoms with Crippen LogP contribution in [-0.2, 0) is 0 Å². The fourth-order valence-corrected chi connectivity index (χ4v) is 2.16. The Bertz CT molecular complexity index is 762. The van der Waals surface area contributed by atoms with Crippen LogP contribution in [0.4, 0.5) is 11.4 Å². The van der Waals surface area contributed by atoms with E-state index in [2.05, 4.69) is 0 Å². The molecular formula is C16H13NO2. The van der Waals surface area contributed by atoms with Gasteiger partial charge in [-0.05, 0) is 24.3 Å². The molecule has 0 saturated carbocycles. The normalized spacial score (nSPS) is 10.6. The third kappa shape index (κ3) is 2.10. The average Bonchev–Trinajstić information content (AvgIpc) is 2.46. The molecule has 0 N–H and O–H groups in total. The number of hydrogen-bond donors (Lipinski definition) is 0. The number of rotatable bonds is 2. The van der Waals surface area contributed by atoms with Gasteiger partial charge in [-0.2, -0.15) is 0 Å². The Labute approximate surface area is 110 Å². The Morgan fingerprint density at radius 1 is 0.947 bits per heavy atom. The highest BCUT2D eigenvalue weighted by atomic mass is 16.4. The van der Waals surface area contributed by atoms with Crippen LogP contribution in [0.5, 0.6) is 0 Å². The summed E-state index contributed by atoms with van der Waals surface area (Å²) in [7, 11) is 1.94. The topological polar surface area (TPSA) is 33.5 Å². The molecule has 0 bridgehead atoms. The molecule has 0 aliphatic heterocycles. The quantitative estimate of drug-likeness (QED) is 0.653. The van der Waals surface area contributed by atoms with Crippen molar-refractivity contribution < 1.29 is 4.42 Å². The summed E-state index contributed by atoms with van der Waals surface area (Å²) in [4.78, 5) is 13.6. The maximum Gasteiger partial charge on any atom is 0.338 e. The number of nitrogens with zero attached hydrogens (tertiary/aromatic N) is 1. The summed E-state index contributed by atoms with van der Waals surface area (Å²) in [6, 6.07) is 19.0. The molecule has 0 radical (unpaired) electrons. The molecule has 0 unspecified atom stereocenters. The standard InChI is InChI=1S/C16H13NO2/c1-17(12-7-3-2-4-8-12)14-11-16(18)19-15-10-6-5-9-13(14)15/h2-11H,1H3. The summed E-state index contributed by atoms with van der Waals surface area (Å²) in [5.74, 6) is 0. The number of para-hydroxylation sites is 2. The molecular weight excluding hydrogens is 238 g/mol. The van der Waals surface area contributed by atoms with Crippen molar-refractivity contribution in [1.29, 1.82) is 0 Å². The van der Waals surface area contributed by atoms with Gasteiger partial charge >= 0.3 is 5.63 Å². The van der Waals surface area contributed by atoms with E-state index < -0.39 is 0 Å². The Balaban J connectivity index is 2.22. The predicted molar refractivity (Wildman–Crippen MR) is 77.0 cm³/mol. The van der Waals surface area contributed by atoms with Crippen molar-refractivity contribution in [3.05, 3.63) is 71.1 Å². The van der Waals surface area contributed by atoms with Crippen molar-refractivity contribution in [1.82, 2.24) is 0 Å². The van der Waals surface area contributed by atoms with Crippen LogP contribution in [0.15, 0.2) is 69.9 Å². The highest BCUT2D eigenvalue weighted by molar-refractivity contribution is 5.92. The molecule has 2 aromatic carbocycles. The largest absolute Gasteiger partial charge is 0.423 e. The lowest BCUT2D eigenvalue weighted by atomic mass is 10.2. The van der Waals surface area contributed by atoms with E-state index in [9.17, 15) is 4.79 Å². The summed E-state index contributed by atoms with van der Waals surface area (Å²) in [5, 5.41) is 0.924. The highest BCUT2D eigenvalue weighted by Crippen LogP contribution is 2.29. The summed E-state index contributed by atoms with van der Waals surface area (Å²) in [6.45, 7) is 0. The molecule has 19 heavy (non-hydrogen) atoms. The van der Waals surface area contributed by atoms with E-state index in [-0.39, 0.29) is 5.63 Å². The molecule has 0 aliphatic carbocycles. The number of hydrogen-bond acceptors (Lipinski definition) is 3. The zero-order valence-electron chi connectivity index (χ0n) is 10.5. The third-order valence-electron chi connectivity index (χ3n) is 3.13. The molecule has 3 aromatic rings. The van der Waals surface area contributed by atoms with Crippen molar-refractivity contribution in [3.8, 4) is 0 Å². The second kappa shape index (κ2) is 4.61. The van der Waals surface area contributed by atoms with E-state index in [0.29, 0.717) is 5.58 Å². The Morgan fingerprint density at radius 2 is 1.63 bits per heavy atom. The first-order valence-electron chi connectivity index (χ1n) is 6.07. The summed E-state index contributed by atoms with van der Waals surface area (Å²) in [6.07, 6.45) is 0. The van der Waals surface area contributed by atoms with E-state index in [4.69, 9.17) is 4.42 Å². The van der Waals surface area contributed by atoms with Gasteiger partial charge in [0.2, 0.25) is 0 Å². The SMILES string of the molecule is CN(c1ccccc1)c1cc(=O)oc2ccccc12. The van der Waals surface area contributed by atoms with Gasteiger partial charge in [-0.1, -0.05) is 30.3 Å². The van der Waals surface area contributed by atoms with E-state index in [1.165, 1.54) is 6.07 Å². The van der Waals surface area contributed by atoms with Crippen LogP contribution in [0.25, 0.3) is 11.0 Å². The first-order valence-corrected chi connectivity index (χ1v) is 6.07. The van der Waals surface area contributed by atoms with Crippen molar-refractivity contribution >= 4 is 22.3 Å². The first-order chi connectivity index (χ1) is 9.25. The number of fused-ring (bicyclic) bond motifs is 1. The molecule has 3 rings (SSSR count). The molecule has 0 spiro atoms. The first kappa shape index (κ1) is 11.5. The monoisotopic (exact) mass is 251 g/mol. The molecule has 3 nitrogen and oxygen atoms in total. The minimum Gasteiger partial charge on any atom is -0.423 e. The van der Waals surface area contributed by atoms with Crippen LogP contribution in [0, 0.1) is 0 Å². The van der Waals surface area contributed by atoms with Crippen molar-refractivity contribution in [2.75, 3.05) is 11.9 Å². The number of benzene rings is 2. The van der Waals surface area contributed by atoms with Crippen molar-refractivity contribution in [2.45, 2.75) is 0 Å². The van der Waals surface area contributed by atoms with Gasteiger partial charge < -0.3 is 9.32 Å². The van der Waals surface area contributed by atoms with Crippen LogP contribution >= 0.6 is 0 Å². The van der Waals surface area contributed by atoms with Gasteiger partial charge in [0.25, 0.3) is 0 Å². The summed E-state index contributed by atoms with van der Waals surface area (Å²) in [5.41, 5.74) is 2.14. The Kier molecular flexibility index (Phi) is 2.80. The number of anilines is 2. The molecule has 0 amide bonds. The summed E-state index contributed by atoms with van der Waals surface area (Å²) < 4.78 is 5.21. The fourth-order valence-electron chi connectivity index (χ4n) is 2.16. The van der Waals surface area contributed by atoms with Crippen LogP contribution < -0.4 is 10.5 Å². The maximum absolute atomic E-state index is 11.6. The van der Waals surface area contributed by atoms with Crippen LogP contribution in [0.1, 0.15) is 0 Å². The lowest BCUT2D eigenvalue weighted by molar-refractivity contribution is 0.561. The molecule has 3 heteroatoms. The zero-order chi connectivity index (χ0) is 13.2. The zero-order valence-corrected chi connectivity index (χ0v) is 10.5. The van der Waals surface area contributed by atoms with E-state index in [1.807, 2.05) is 60.5 Å². The maximum atomic E-state index is 11.6. The fraction of sp³-hybridized carbons (Fsp3) is 0.0625. The predicted octanol–water partition coefficient (Wildman–Crippen LogP) is 3.56. The lowest BCUT2D eigenvalue weighted by Gasteiger charge is -2.20. The Hall–Kier alpha value is -2.55. The van der Waals surface area contributed by atoms with Crippen molar-refractivity contribution in [2.24, 2.45) is 0 Å². The highest BCUT2D eigenvalue weighted by Gasteiger charge is 2.10. The molecule has 0 fully saturated rings. The smallest absolute Gasteiger partial charge is 0.338 e. The molecule has 0 aliphatic rings. The average molecular weight is 251 g/mol. The van der Waals surface area contributed by atoms with Gasteiger partial charge in [-0.25, -0.2) is 4.79 Å². The van der Waals surface area contributed by atoms with Gasteiger partial charge in [0.05, 0.1) is 5.69 Å². The molecule has 94 valence electrons. The van der Waals surface area contributed by atoms with Crippen LogP contribution in [0.3, 0.4) is 0 Å². The van der Waals surface area contributed by atoms with E-state index in [1.54, 1.807) is 6.07 Å². The van der Waals surface area contributed by atoms with Crippen LogP contribution in [-0.4, -0.2) is 7.05 Å². The molecule has 1 aromatic heterocycles. The van der Waals surface area contributed by atoms with Crippen molar-refractivity contribution in [3.63, 3.8) is 0 Å². The summed E-state index contributed by atoms with van der Waals surface area (Å²) >= 11 is 0. The van der Waals surface area contributed by atoms with E-state index in [0.717, 1.165) is 16.8 Å². The van der Waals surface area contributed by atoms with Gasteiger partial charge in [-0.3, -0.25) is 0 Å². The van der Waals surface area contributed by atoms with Gasteiger partial charge in [0.15, 0.2) is 0 Å². The second-order valence-corrected chi connectivity index (χ2v) is 4.34. The molecule has 1 heterocycles. The minimum atomic E-state index is -0.337. The van der Waals surface area contributed by atoms with E-state index >= 15 is 0 Å². The van der Waals surface area contributed by atoms with Gasteiger partial charge in [0, 0.05) is 24.2 Å².